The maximum atomic E-state index is 12.8. The molecule has 26 heavy (non-hydrogen) atoms. The Morgan fingerprint density at radius 2 is 2.04 bits per heavy atom. The average Bonchev–Trinajstić information content (AvgIpc) is 3.25. The van der Waals surface area contributed by atoms with Gasteiger partial charge in [0, 0.05) is 6.20 Å². The van der Waals surface area contributed by atoms with Crippen molar-refractivity contribution in [2.45, 2.75) is 32.5 Å². The van der Waals surface area contributed by atoms with Gasteiger partial charge in [-0.3, -0.25) is 9.78 Å². The Labute approximate surface area is 152 Å². The molecule has 0 bridgehead atoms. The first kappa shape index (κ1) is 16.3. The van der Waals surface area contributed by atoms with Crippen LogP contribution in [0.5, 0.6) is 0 Å². The van der Waals surface area contributed by atoms with E-state index in [1.807, 2.05) is 48.0 Å². The summed E-state index contributed by atoms with van der Waals surface area (Å²) in [5, 5.41) is 11.1. The Hall–Kier alpha value is -3.15. The molecule has 1 aromatic carbocycles. The van der Waals surface area contributed by atoms with Gasteiger partial charge in [-0.2, -0.15) is 5.10 Å². The van der Waals surface area contributed by atoms with Crippen molar-refractivity contribution in [1.29, 1.82) is 0 Å². The second kappa shape index (κ2) is 7.00. The van der Waals surface area contributed by atoms with Gasteiger partial charge in [0.25, 0.3) is 5.91 Å². The van der Waals surface area contributed by atoms with Gasteiger partial charge in [0.2, 0.25) is 0 Å². The summed E-state index contributed by atoms with van der Waals surface area (Å²) >= 11 is 0. The number of amides is 1. The highest BCUT2D eigenvalue weighted by molar-refractivity contribution is 6.00. The summed E-state index contributed by atoms with van der Waals surface area (Å²) in [6.07, 6.45) is 2.44. The summed E-state index contributed by atoms with van der Waals surface area (Å²) in [5.41, 5.74) is 3.48. The van der Waals surface area contributed by atoms with Crippen LogP contribution in [0.2, 0.25) is 0 Å². The Morgan fingerprint density at radius 1 is 1.23 bits per heavy atom. The van der Waals surface area contributed by atoms with Crippen molar-refractivity contribution in [3.05, 3.63) is 77.2 Å². The lowest BCUT2D eigenvalue weighted by Crippen LogP contribution is -2.25. The van der Waals surface area contributed by atoms with Gasteiger partial charge in [-0.25, -0.2) is 4.68 Å². The molecule has 3 heterocycles. The molecule has 0 spiro atoms. The minimum atomic E-state index is -0.116. The maximum Gasteiger partial charge on any atom is 0.257 e. The zero-order valence-electron chi connectivity index (χ0n) is 14.6. The van der Waals surface area contributed by atoms with Crippen LogP contribution in [0.3, 0.4) is 0 Å². The lowest BCUT2D eigenvalue weighted by Gasteiger charge is -2.12. The van der Waals surface area contributed by atoms with Crippen molar-refractivity contribution in [3.8, 4) is 0 Å². The zero-order chi connectivity index (χ0) is 17.9. The third-order valence-electron chi connectivity index (χ3n) is 4.61. The number of aromatic nitrogens is 3. The second-order valence-corrected chi connectivity index (χ2v) is 6.32. The number of hydrogen-bond donors (Lipinski definition) is 2. The third kappa shape index (κ3) is 3.06. The zero-order valence-corrected chi connectivity index (χ0v) is 14.6. The Morgan fingerprint density at radius 3 is 2.77 bits per heavy atom. The van der Waals surface area contributed by atoms with Crippen LogP contribution in [0.15, 0.2) is 54.7 Å². The minimum Gasteiger partial charge on any atom is -0.361 e. The average molecular weight is 347 g/mol. The van der Waals surface area contributed by atoms with Gasteiger partial charge in [0.1, 0.15) is 11.4 Å². The number of carbonyl (C=O) groups is 1. The standard InChI is InChI=1S/C20H21N5O/c1-2-16-18(20(26)22-12-15-10-6-7-11-21-15)19-23-17(13-25(19)24-16)14-8-4-3-5-9-14/h3-11,17,23H,2,12-13H2,1H3,(H,22,26)/t17-/m1/s1. The van der Waals surface area contributed by atoms with Crippen molar-refractivity contribution in [2.75, 3.05) is 5.32 Å². The number of rotatable bonds is 5. The summed E-state index contributed by atoms with van der Waals surface area (Å²) in [6, 6.07) is 16.0. The van der Waals surface area contributed by atoms with Crippen LogP contribution in [0.25, 0.3) is 0 Å². The van der Waals surface area contributed by atoms with E-state index in [0.717, 1.165) is 23.8 Å². The summed E-state index contributed by atoms with van der Waals surface area (Å²) in [5.74, 6) is 0.684. The van der Waals surface area contributed by atoms with Gasteiger partial charge in [-0.15, -0.1) is 0 Å². The van der Waals surface area contributed by atoms with Gasteiger partial charge in [-0.1, -0.05) is 43.3 Å². The normalized spacial score (nSPS) is 15.3. The molecule has 3 aromatic rings. The number of nitrogens with one attached hydrogen (secondary N) is 2. The van der Waals surface area contributed by atoms with Crippen LogP contribution in [0.1, 0.15) is 40.3 Å². The van der Waals surface area contributed by atoms with Gasteiger partial charge < -0.3 is 10.6 Å². The fourth-order valence-corrected chi connectivity index (χ4v) is 3.30. The predicted octanol–water partition coefficient (Wildman–Crippen LogP) is 2.94. The minimum absolute atomic E-state index is 0.116. The molecule has 2 aromatic heterocycles. The molecule has 0 aliphatic carbocycles. The molecule has 0 unspecified atom stereocenters. The molecule has 4 rings (SSSR count). The van der Waals surface area contributed by atoms with Crippen molar-refractivity contribution in [1.82, 2.24) is 20.1 Å². The van der Waals surface area contributed by atoms with Gasteiger partial charge >= 0.3 is 0 Å². The Bertz CT molecular complexity index is 905. The van der Waals surface area contributed by atoms with Crippen LogP contribution in [-0.2, 0) is 19.5 Å². The molecule has 6 heteroatoms. The number of carbonyl (C=O) groups excluding carboxylic acids is 1. The number of hydrogen-bond acceptors (Lipinski definition) is 4. The highest BCUT2D eigenvalue weighted by Gasteiger charge is 2.30. The topological polar surface area (TPSA) is 71.8 Å². The quantitative estimate of drug-likeness (QED) is 0.744. The van der Waals surface area contributed by atoms with E-state index < -0.39 is 0 Å². The van der Waals surface area contributed by atoms with E-state index in [1.165, 1.54) is 5.56 Å². The molecule has 0 saturated carbocycles. The Balaban J connectivity index is 1.55. The highest BCUT2D eigenvalue weighted by atomic mass is 16.1. The fourth-order valence-electron chi connectivity index (χ4n) is 3.30. The van der Waals surface area contributed by atoms with E-state index in [-0.39, 0.29) is 11.9 Å². The molecular weight excluding hydrogens is 326 g/mol. The third-order valence-corrected chi connectivity index (χ3v) is 4.61. The van der Waals surface area contributed by atoms with E-state index in [4.69, 9.17) is 0 Å². The Kier molecular flexibility index (Phi) is 4.39. The maximum absolute atomic E-state index is 12.8. The highest BCUT2D eigenvalue weighted by Crippen LogP contribution is 2.33. The first-order valence-corrected chi connectivity index (χ1v) is 8.85. The smallest absolute Gasteiger partial charge is 0.257 e. The molecule has 132 valence electrons. The number of pyridine rings is 1. The summed E-state index contributed by atoms with van der Waals surface area (Å²) < 4.78 is 1.91. The molecule has 1 aliphatic heterocycles. The predicted molar refractivity (Wildman–Crippen MR) is 99.8 cm³/mol. The number of nitrogens with zero attached hydrogens (tertiary/aromatic N) is 3. The van der Waals surface area contributed by atoms with Crippen molar-refractivity contribution in [2.24, 2.45) is 0 Å². The van der Waals surface area contributed by atoms with Crippen molar-refractivity contribution < 1.29 is 4.79 Å². The summed E-state index contributed by atoms with van der Waals surface area (Å²) in [7, 11) is 0. The SMILES string of the molecule is CCc1nn2c(c1C(=O)NCc1ccccn1)N[C@@H](c1ccccc1)C2. The van der Waals surface area contributed by atoms with E-state index in [0.29, 0.717) is 18.5 Å². The summed E-state index contributed by atoms with van der Waals surface area (Å²) in [6.45, 7) is 3.14. The van der Waals surface area contributed by atoms with E-state index in [1.54, 1.807) is 6.20 Å². The number of benzene rings is 1. The molecule has 1 amide bonds. The molecule has 0 saturated heterocycles. The first-order chi connectivity index (χ1) is 12.8. The van der Waals surface area contributed by atoms with E-state index >= 15 is 0 Å². The number of aryl methyl sites for hydroxylation is 1. The van der Waals surface area contributed by atoms with E-state index in [9.17, 15) is 4.79 Å². The molecule has 0 fully saturated rings. The largest absolute Gasteiger partial charge is 0.361 e. The van der Waals surface area contributed by atoms with Crippen molar-refractivity contribution in [3.63, 3.8) is 0 Å². The number of anilines is 1. The summed E-state index contributed by atoms with van der Waals surface area (Å²) in [4.78, 5) is 17.1. The first-order valence-electron chi connectivity index (χ1n) is 8.85. The van der Waals surface area contributed by atoms with E-state index in [2.05, 4.69) is 32.8 Å². The molecule has 0 radical (unpaired) electrons. The molecule has 1 aliphatic rings. The van der Waals surface area contributed by atoms with Crippen LogP contribution >= 0.6 is 0 Å². The molecule has 6 nitrogen and oxygen atoms in total. The molecular formula is C20H21N5O. The van der Waals surface area contributed by atoms with Crippen LogP contribution in [-0.4, -0.2) is 20.7 Å². The van der Waals surface area contributed by atoms with Crippen molar-refractivity contribution >= 4 is 11.7 Å². The second-order valence-electron chi connectivity index (χ2n) is 6.32. The lowest BCUT2D eigenvalue weighted by atomic mass is 10.1. The van der Waals surface area contributed by atoms with Crippen LogP contribution < -0.4 is 10.6 Å². The van der Waals surface area contributed by atoms with Crippen LogP contribution in [0, 0.1) is 0 Å². The monoisotopic (exact) mass is 347 g/mol. The fraction of sp³-hybridized carbons (Fsp3) is 0.250. The van der Waals surface area contributed by atoms with Gasteiger partial charge in [0.05, 0.1) is 30.5 Å². The number of fused-ring (bicyclic) bond motifs is 1. The van der Waals surface area contributed by atoms with Gasteiger partial charge in [0.15, 0.2) is 0 Å². The molecule has 1 atom stereocenters. The lowest BCUT2D eigenvalue weighted by molar-refractivity contribution is 0.0950. The van der Waals surface area contributed by atoms with Gasteiger partial charge in [-0.05, 0) is 24.1 Å². The van der Waals surface area contributed by atoms with Crippen LogP contribution in [0.4, 0.5) is 5.82 Å². The molecule has 2 N–H and O–H groups in total.